The second-order valence-electron chi connectivity index (χ2n) is 8.02. The van der Waals surface area contributed by atoms with Crippen LogP contribution < -0.4 is 9.64 Å². The molecular formula is C19H32N2O. The number of nitrogens with zero attached hydrogens (tertiary/aromatic N) is 2. The van der Waals surface area contributed by atoms with Gasteiger partial charge < -0.3 is 14.5 Å². The second-order valence-corrected chi connectivity index (χ2v) is 8.02. The minimum atomic E-state index is 0.150. The van der Waals surface area contributed by atoms with E-state index >= 15 is 0 Å². The van der Waals surface area contributed by atoms with Gasteiger partial charge in [0, 0.05) is 18.6 Å². The molecule has 0 N–H and O–H groups in total. The zero-order valence-corrected chi connectivity index (χ0v) is 15.4. The summed E-state index contributed by atoms with van der Waals surface area (Å²) in [4.78, 5) is 4.83. The molecule has 2 rings (SSSR count). The molecule has 1 heterocycles. The summed E-state index contributed by atoms with van der Waals surface area (Å²) in [7, 11) is 6.15. The van der Waals surface area contributed by atoms with E-state index in [1.807, 2.05) is 0 Å². The molecule has 1 fully saturated rings. The first-order valence-corrected chi connectivity index (χ1v) is 8.28. The Bertz CT molecular complexity index is 509. The average Bonchev–Trinajstić information content (AvgIpc) is 2.46. The van der Waals surface area contributed by atoms with Gasteiger partial charge in [-0.1, -0.05) is 26.8 Å². The molecule has 0 radical (unpaired) electrons. The van der Waals surface area contributed by atoms with Crippen LogP contribution in [0.15, 0.2) is 18.2 Å². The summed E-state index contributed by atoms with van der Waals surface area (Å²) < 4.78 is 5.68. The number of methoxy groups -OCH3 is 1. The van der Waals surface area contributed by atoms with Crippen LogP contribution in [0.4, 0.5) is 5.69 Å². The fourth-order valence-corrected chi connectivity index (χ4v) is 3.08. The molecule has 0 saturated carbocycles. The quantitative estimate of drug-likeness (QED) is 0.842. The lowest BCUT2D eigenvalue weighted by molar-refractivity contribution is 0.137. The van der Waals surface area contributed by atoms with E-state index in [1.165, 1.54) is 24.1 Å². The number of anilines is 1. The molecule has 124 valence electrons. The maximum absolute atomic E-state index is 5.68. The molecule has 3 heteroatoms. The van der Waals surface area contributed by atoms with E-state index in [4.69, 9.17) is 4.74 Å². The number of ether oxygens (including phenoxy) is 1. The topological polar surface area (TPSA) is 15.7 Å². The predicted molar refractivity (Wildman–Crippen MR) is 95.2 cm³/mol. The molecule has 0 amide bonds. The molecule has 3 nitrogen and oxygen atoms in total. The Labute approximate surface area is 136 Å². The Morgan fingerprint density at radius 2 is 1.73 bits per heavy atom. The first-order chi connectivity index (χ1) is 10.2. The Balaban J connectivity index is 2.20. The van der Waals surface area contributed by atoms with Crippen LogP contribution in [0.3, 0.4) is 0 Å². The molecule has 0 unspecified atom stereocenters. The molecule has 0 aliphatic carbocycles. The third kappa shape index (κ3) is 3.40. The zero-order chi connectivity index (χ0) is 16.5. The lowest BCUT2D eigenvalue weighted by atomic mass is 9.86. The standard InChI is InChI=1S/C19H32N2O/c1-18(2,3)15-8-9-16(17(14-15)22-7)21-12-10-19(4,11-13-21)20(5)6/h8-9,14H,10-13H2,1-7H3. The van der Waals surface area contributed by atoms with E-state index in [9.17, 15) is 0 Å². The summed E-state index contributed by atoms with van der Waals surface area (Å²) >= 11 is 0. The van der Waals surface area contributed by atoms with Crippen LogP contribution in [0.1, 0.15) is 46.1 Å². The number of hydrogen-bond acceptors (Lipinski definition) is 3. The Morgan fingerprint density at radius 3 is 2.18 bits per heavy atom. The molecule has 22 heavy (non-hydrogen) atoms. The Morgan fingerprint density at radius 1 is 1.14 bits per heavy atom. The third-order valence-corrected chi connectivity index (χ3v) is 5.31. The van der Waals surface area contributed by atoms with Gasteiger partial charge in [-0.05, 0) is 57.0 Å². The maximum atomic E-state index is 5.68. The molecule has 1 aliphatic rings. The minimum absolute atomic E-state index is 0.150. The second kappa shape index (κ2) is 6.11. The van der Waals surface area contributed by atoms with Crippen LogP contribution in [0.2, 0.25) is 0 Å². The van der Waals surface area contributed by atoms with Gasteiger partial charge in [0.25, 0.3) is 0 Å². The van der Waals surface area contributed by atoms with Gasteiger partial charge >= 0.3 is 0 Å². The van der Waals surface area contributed by atoms with Crippen molar-refractivity contribution >= 4 is 5.69 Å². The van der Waals surface area contributed by atoms with E-state index in [0.717, 1.165) is 18.8 Å². The summed E-state index contributed by atoms with van der Waals surface area (Å²) in [5, 5.41) is 0. The molecule has 1 aliphatic heterocycles. The molecule has 0 atom stereocenters. The molecule has 0 spiro atoms. The summed E-state index contributed by atoms with van der Waals surface area (Å²) in [6.07, 6.45) is 2.37. The van der Waals surface area contributed by atoms with Crippen molar-refractivity contribution in [3.05, 3.63) is 23.8 Å². The van der Waals surface area contributed by atoms with Crippen molar-refractivity contribution in [1.29, 1.82) is 0 Å². The predicted octanol–water partition coefficient (Wildman–Crippen LogP) is 3.91. The van der Waals surface area contributed by atoms with E-state index in [-0.39, 0.29) is 5.41 Å². The molecule has 1 aromatic rings. The Hall–Kier alpha value is -1.22. The molecule has 1 aromatic carbocycles. The number of hydrogen-bond donors (Lipinski definition) is 0. The smallest absolute Gasteiger partial charge is 0.142 e. The summed E-state index contributed by atoms with van der Waals surface area (Å²) in [6.45, 7) is 11.3. The van der Waals surface area contributed by atoms with Crippen LogP contribution in [0, 0.1) is 0 Å². The molecule has 0 aromatic heterocycles. The van der Waals surface area contributed by atoms with Crippen LogP contribution >= 0.6 is 0 Å². The number of benzene rings is 1. The van der Waals surface area contributed by atoms with E-state index in [0.29, 0.717) is 5.54 Å². The monoisotopic (exact) mass is 304 g/mol. The van der Waals surface area contributed by atoms with Gasteiger partial charge in [0.05, 0.1) is 12.8 Å². The van der Waals surface area contributed by atoms with Gasteiger partial charge in [0.15, 0.2) is 0 Å². The zero-order valence-electron chi connectivity index (χ0n) is 15.4. The van der Waals surface area contributed by atoms with Gasteiger partial charge in [-0.25, -0.2) is 0 Å². The van der Waals surface area contributed by atoms with Crippen molar-refractivity contribution in [2.75, 3.05) is 39.2 Å². The highest BCUT2D eigenvalue weighted by Crippen LogP contribution is 2.37. The summed E-state index contributed by atoms with van der Waals surface area (Å²) in [5.74, 6) is 1.00. The van der Waals surface area contributed by atoms with Gasteiger partial charge in [-0.3, -0.25) is 0 Å². The number of rotatable bonds is 3. The summed E-state index contributed by atoms with van der Waals surface area (Å²) in [6, 6.07) is 6.68. The molecule has 0 bridgehead atoms. The molecular weight excluding hydrogens is 272 g/mol. The fourth-order valence-electron chi connectivity index (χ4n) is 3.08. The lowest BCUT2D eigenvalue weighted by Crippen LogP contribution is -2.50. The average molecular weight is 304 g/mol. The SMILES string of the molecule is COc1cc(C(C)(C)C)ccc1N1CCC(C)(N(C)C)CC1. The lowest BCUT2D eigenvalue weighted by Gasteiger charge is -2.44. The van der Waals surface area contributed by atoms with Crippen LogP contribution in [0.25, 0.3) is 0 Å². The third-order valence-electron chi connectivity index (χ3n) is 5.31. The number of piperidine rings is 1. The fraction of sp³-hybridized carbons (Fsp3) is 0.684. The van der Waals surface area contributed by atoms with E-state index in [2.05, 4.69) is 69.8 Å². The maximum Gasteiger partial charge on any atom is 0.142 e. The van der Waals surface area contributed by atoms with Gasteiger partial charge in [-0.15, -0.1) is 0 Å². The highest BCUT2D eigenvalue weighted by Gasteiger charge is 2.32. The first-order valence-electron chi connectivity index (χ1n) is 8.28. The Kier molecular flexibility index (Phi) is 4.76. The first kappa shape index (κ1) is 17.1. The highest BCUT2D eigenvalue weighted by molar-refractivity contribution is 5.60. The van der Waals surface area contributed by atoms with Gasteiger partial charge in [-0.2, -0.15) is 0 Å². The van der Waals surface area contributed by atoms with Crippen molar-refractivity contribution in [3.63, 3.8) is 0 Å². The summed E-state index contributed by atoms with van der Waals surface area (Å²) in [5.41, 5.74) is 3.02. The van der Waals surface area contributed by atoms with Crippen molar-refractivity contribution in [2.24, 2.45) is 0 Å². The van der Waals surface area contributed by atoms with Crippen LogP contribution in [0.5, 0.6) is 5.75 Å². The van der Waals surface area contributed by atoms with E-state index in [1.54, 1.807) is 7.11 Å². The van der Waals surface area contributed by atoms with Crippen molar-refractivity contribution in [3.8, 4) is 5.75 Å². The highest BCUT2D eigenvalue weighted by atomic mass is 16.5. The molecule has 1 saturated heterocycles. The van der Waals surface area contributed by atoms with Crippen LogP contribution in [-0.2, 0) is 5.41 Å². The largest absolute Gasteiger partial charge is 0.495 e. The van der Waals surface area contributed by atoms with Crippen molar-refractivity contribution in [1.82, 2.24) is 4.90 Å². The normalized spacial score (nSPS) is 18.6. The van der Waals surface area contributed by atoms with Gasteiger partial charge in [0.2, 0.25) is 0 Å². The van der Waals surface area contributed by atoms with Crippen LogP contribution in [-0.4, -0.2) is 44.7 Å². The minimum Gasteiger partial charge on any atom is -0.495 e. The van der Waals surface area contributed by atoms with E-state index < -0.39 is 0 Å². The van der Waals surface area contributed by atoms with Crippen molar-refractivity contribution in [2.45, 2.75) is 51.5 Å². The van der Waals surface area contributed by atoms with Crippen molar-refractivity contribution < 1.29 is 4.74 Å². The van der Waals surface area contributed by atoms with Gasteiger partial charge in [0.1, 0.15) is 5.75 Å².